The van der Waals surface area contributed by atoms with Gasteiger partial charge in [0.2, 0.25) is 5.91 Å². The molecule has 248 valence electrons. The first kappa shape index (κ1) is 36.1. The van der Waals surface area contributed by atoms with Crippen molar-refractivity contribution in [2.24, 2.45) is 0 Å². The summed E-state index contributed by atoms with van der Waals surface area (Å²) in [6.07, 6.45) is 5.47. The number of carbonyl (C=O) groups excluding carboxylic acids is 3. The van der Waals surface area contributed by atoms with Crippen molar-refractivity contribution in [3.05, 3.63) is 95.1 Å². The molecular weight excluding hydrogens is 578 g/mol. The SMILES string of the molecule is CCCCCCCCN(C(=O)C(Cc1ccc(O)cc1)NC(=O)OC(C)(C)C)C(C(=O)Nc1ccccc1C)c1ccc(C)cc1. The minimum atomic E-state index is -1.03. The van der Waals surface area contributed by atoms with E-state index >= 15 is 0 Å². The normalized spacial score (nSPS) is 12.6. The van der Waals surface area contributed by atoms with Crippen LogP contribution in [0.5, 0.6) is 5.75 Å². The number of benzene rings is 3. The molecule has 46 heavy (non-hydrogen) atoms. The number of nitrogens with one attached hydrogen (secondary N) is 2. The Balaban J connectivity index is 2.05. The van der Waals surface area contributed by atoms with Crippen LogP contribution in [-0.4, -0.2) is 46.1 Å². The number of unbranched alkanes of at least 4 members (excludes halogenated alkanes) is 5. The van der Waals surface area contributed by atoms with Crippen LogP contribution in [0.1, 0.15) is 94.5 Å². The van der Waals surface area contributed by atoms with Gasteiger partial charge in [-0.2, -0.15) is 0 Å². The summed E-state index contributed by atoms with van der Waals surface area (Å²) in [6, 6.07) is 19.7. The number of rotatable bonds is 15. The van der Waals surface area contributed by atoms with Crippen molar-refractivity contribution in [3.8, 4) is 5.75 Å². The Morgan fingerprint density at radius 1 is 0.848 bits per heavy atom. The fourth-order valence-corrected chi connectivity index (χ4v) is 5.28. The van der Waals surface area contributed by atoms with E-state index in [4.69, 9.17) is 4.74 Å². The lowest BCUT2D eigenvalue weighted by Gasteiger charge is -2.35. The lowest BCUT2D eigenvalue weighted by atomic mass is 9.98. The molecule has 0 bridgehead atoms. The Kier molecular flexibility index (Phi) is 13.7. The molecule has 3 rings (SSSR count). The molecule has 2 atom stereocenters. The Labute approximate surface area is 274 Å². The van der Waals surface area contributed by atoms with Gasteiger partial charge in [-0.05, 0) is 75.9 Å². The van der Waals surface area contributed by atoms with Crippen LogP contribution in [-0.2, 0) is 20.7 Å². The number of aromatic hydroxyl groups is 1. The summed E-state index contributed by atoms with van der Waals surface area (Å²) >= 11 is 0. The number of carbonyl (C=O) groups is 3. The highest BCUT2D eigenvalue weighted by molar-refractivity contribution is 5.99. The van der Waals surface area contributed by atoms with Crippen molar-refractivity contribution in [1.82, 2.24) is 10.2 Å². The quantitative estimate of drug-likeness (QED) is 0.148. The van der Waals surface area contributed by atoms with E-state index in [1.54, 1.807) is 49.9 Å². The lowest BCUT2D eigenvalue weighted by Crippen LogP contribution is -2.53. The third-order valence-corrected chi connectivity index (χ3v) is 7.76. The molecule has 0 radical (unpaired) electrons. The third kappa shape index (κ3) is 11.5. The zero-order chi connectivity index (χ0) is 33.7. The first-order valence-corrected chi connectivity index (χ1v) is 16.4. The van der Waals surface area contributed by atoms with Crippen LogP contribution in [0, 0.1) is 13.8 Å². The van der Waals surface area contributed by atoms with E-state index in [0.717, 1.165) is 48.8 Å². The molecule has 0 spiro atoms. The number of hydrogen-bond acceptors (Lipinski definition) is 5. The van der Waals surface area contributed by atoms with E-state index in [2.05, 4.69) is 17.6 Å². The second-order valence-electron chi connectivity index (χ2n) is 13.0. The van der Waals surface area contributed by atoms with E-state index in [9.17, 15) is 19.5 Å². The Morgan fingerprint density at radius 2 is 1.48 bits per heavy atom. The molecule has 3 amide bonds. The lowest BCUT2D eigenvalue weighted by molar-refractivity contribution is -0.140. The van der Waals surface area contributed by atoms with Gasteiger partial charge in [-0.15, -0.1) is 0 Å². The predicted molar refractivity (Wildman–Crippen MR) is 184 cm³/mol. The van der Waals surface area contributed by atoms with Crippen LogP contribution in [0.25, 0.3) is 0 Å². The van der Waals surface area contributed by atoms with E-state index < -0.39 is 29.7 Å². The summed E-state index contributed by atoms with van der Waals surface area (Å²) in [7, 11) is 0. The zero-order valence-electron chi connectivity index (χ0n) is 28.3. The number of ether oxygens (including phenoxy) is 1. The van der Waals surface area contributed by atoms with Gasteiger partial charge in [0.25, 0.3) is 5.91 Å². The standard InChI is InChI=1S/C38H51N3O5/c1-7-8-9-10-11-14-25-41(34(30-21-17-27(2)18-22-30)35(43)39-32-16-13-12-15-28(32)3)36(44)33(40-37(45)46-38(4,5)6)26-29-19-23-31(42)24-20-29/h12-13,15-24,33-34,42H,7-11,14,25-26H2,1-6H3,(H,39,43)(H,40,45). The van der Waals surface area contributed by atoms with Crippen LogP contribution in [0.4, 0.5) is 10.5 Å². The van der Waals surface area contributed by atoms with Gasteiger partial charge in [-0.3, -0.25) is 9.59 Å². The van der Waals surface area contributed by atoms with Gasteiger partial charge in [0.05, 0.1) is 0 Å². The van der Waals surface area contributed by atoms with Gasteiger partial charge < -0.3 is 25.4 Å². The molecule has 2 unspecified atom stereocenters. The molecule has 8 heteroatoms. The molecule has 0 fully saturated rings. The first-order valence-electron chi connectivity index (χ1n) is 16.4. The van der Waals surface area contributed by atoms with Gasteiger partial charge in [-0.25, -0.2) is 4.79 Å². The summed E-state index contributed by atoms with van der Waals surface area (Å²) in [5.41, 5.74) is 3.26. The van der Waals surface area contributed by atoms with Gasteiger partial charge in [0.15, 0.2) is 0 Å². The molecule has 8 nitrogen and oxygen atoms in total. The summed E-state index contributed by atoms with van der Waals surface area (Å²) in [5, 5.41) is 15.7. The van der Waals surface area contributed by atoms with Crippen LogP contribution in [0.15, 0.2) is 72.8 Å². The maximum atomic E-state index is 14.7. The smallest absolute Gasteiger partial charge is 0.408 e. The monoisotopic (exact) mass is 629 g/mol. The van der Waals surface area contributed by atoms with Crippen LogP contribution in [0.3, 0.4) is 0 Å². The predicted octanol–water partition coefficient (Wildman–Crippen LogP) is 8.01. The van der Waals surface area contributed by atoms with Crippen LogP contribution < -0.4 is 10.6 Å². The maximum Gasteiger partial charge on any atom is 0.408 e. The molecule has 0 saturated carbocycles. The van der Waals surface area contributed by atoms with E-state index in [-0.39, 0.29) is 18.1 Å². The molecule has 3 N–H and O–H groups in total. The van der Waals surface area contributed by atoms with Gasteiger partial charge in [0.1, 0.15) is 23.4 Å². The summed E-state index contributed by atoms with van der Waals surface area (Å²) < 4.78 is 5.55. The summed E-state index contributed by atoms with van der Waals surface area (Å²) in [4.78, 5) is 43.6. The fraction of sp³-hybridized carbons (Fsp3) is 0.447. The highest BCUT2D eigenvalue weighted by Gasteiger charge is 2.36. The Bertz CT molecular complexity index is 1410. The molecule has 0 aromatic heterocycles. The molecule has 0 heterocycles. The number of aryl methyl sites for hydroxylation is 2. The van der Waals surface area contributed by atoms with Crippen molar-refractivity contribution in [1.29, 1.82) is 0 Å². The first-order chi connectivity index (χ1) is 21.9. The fourth-order valence-electron chi connectivity index (χ4n) is 5.28. The molecular formula is C38H51N3O5. The van der Waals surface area contributed by atoms with Gasteiger partial charge >= 0.3 is 6.09 Å². The van der Waals surface area contributed by atoms with E-state index in [1.165, 1.54) is 0 Å². The van der Waals surface area contributed by atoms with Crippen LogP contribution >= 0.6 is 0 Å². The molecule has 0 aliphatic carbocycles. The van der Waals surface area contributed by atoms with E-state index in [1.807, 2.05) is 62.4 Å². The minimum absolute atomic E-state index is 0.101. The van der Waals surface area contributed by atoms with Gasteiger partial charge in [0, 0.05) is 18.7 Å². The van der Waals surface area contributed by atoms with Crippen molar-refractivity contribution < 1.29 is 24.2 Å². The number of nitrogens with zero attached hydrogens (tertiary/aromatic N) is 1. The average Bonchev–Trinajstić information content (AvgIpc) is 2.99. The third-order valence-electron chi connectivity index (χ3n) is 7.76. The second kappa shape index (κ2) is 17.4. The molecule has 3 aromatic rings. The summed E-state index contributed by atoms with van der Waals surface area (Å²) in [6.45, 7) is 11.7. The number of phenolic OH excluding ortho intramolecular Hbond substituents is 1. The highest BCUT2D eigenvalue weighted by atomic mass is 16.6. The molecule has 3 aromatic carbocycles. The largest absolute Gasteiger partial charge is 0.508 e. The highest BCUT2D eigenvalue weighted by Crippen LogP contribution is 2.27. The average molecular weight is 630 g/mol. The topological polar surface area (TPSA) is 108 Å². The number of amides is 3. The number of alkyl carbamates (subject to hydrolysis) is 1. The van der Waals surface area contributed by atoms with Crippen LogP contribution in [0.2, 0.25) is 0 Å². The summed E-state index contributed by atoms with van der Waals surface area (Å²) in [5.74, 6) is -0.625. The van der Waals surface area contributed by atoms with Gasteiger partial charge in [-0.1, -0.05) is 99.2 Å². The number of anilines is 1. The number of para-hydroxylation sites is 1. The minimum Gasteiger partial charge on any atom is -0.508 e. The molecule has 0 aliphatic rings. The molecule has 0 saturated heterocycles. The van der Waals surface area contributed by atoms with E-state index in [0.29, 0.717) is 24.2 Å². The number of hydrogen-bond donors (Lipinski definition) is 3. The zero-order valence-corrected chi connectivity index (χ0v) is 28.3. The number of phenols is 1. The maximum absolute atomic E-state index is 14.7. The van der Waals surface area contributed by atoms with Crippen molar-refractivity contribution in [2.75, 3.05) is 11.9 Å². The van der Waals surface area contributed by atoms with Crippen molar-refractivity contribution in [2.45, 2.75) is 104 Å². The van der Waals surface area contributed by atoms with Crippen molar-refractivity contribution in [3.63, 3.8) is 0 Å². The Morgan fingerprint density at radius 3 is 2.11 bits per heavy atom. The molecule has 0 aliphatic heterocycles. The van der Waals surface area contributed by atoms with Crippen molar-refractivity contribution >= 4 is 23.6 Å². The second-order valence-corrected chi connectivity index (χ2v) is 13.0. The Hall–Kier alpha value is -4.33.